The number of carbonyl (C=O) groups is 4. The summed E-state index contributed by atoms with van der Waals surface area (Å²) in [7, 11) is 0. The number of imide groups is 1. The summed E-state index contributed by atoms with van der Waals surface area (Å²) < 4.78 is 6.49. The van der Waals surface area contributed by atoms with Gasteiger partial charge in [0.15, 0.2) is 6.10 Å². The molecule has 6 rings (SSSR count). The first kappa shape index (κ1) is 29.9. The van der Waals surface area contributed by atoms with E-state index in [0.717, 1.165) is 10.0 Å². The molecule has 1 saturated heterocycles. The van der Waals surface area contributed by atoms with Gasteiger partial charge in [0, 0.05) is 26.0 Å². The molecule has 222 valence electrons. The number of amides is 2. The van der Waals surface area contributed by atoms with Crippen molar-refractivity contribution in [2.24, 2.45) is 11.8 Å². The molecular weight excluding hydrogens is 644 g/mol. The van der Waals surface area contributed by atoms with Crippen molar-refractivity contribution in [3.05, 3.63) is 105 Å². The number of hydrogen-bond acceptors (Lipinski definition) is 6. The number of hydrogen-bond donors (Lipinski definition) is 0. The third-order valence-corrected chi connectivity index (χ3v) is 8.98. The first-order valence-corrected chi connectivity index (χ1v) is 15.6. The number of Topliss-reactive ketones (excluding diaryl/α,β-unsaturated/α-hetero) is 1. The Morgan fingerprint density at radius 1 is 0.977 bits per heavy atom. The molecule has 44 heavy (non-hydrogen) atoms. The number of halogens is 2. The van der Waals surface area contributed by atoms with E-state index >= 15 is 0 Å². The lowest BCUT2D eigenvalue weighted by Crippen LogP contribution is -2.30. The number of esters is 1. The smallest absolute Gasteiger partial charge is 0.339 e. The summed E-state index contributed by atoms with van der Waals surface area (Å²) in [6.45, 7) is 3.55. The summed E-state index contributed by atoms with van der Waals surface area (Å²) in [5.41, 5.74) is 3.93. The number of carbonyl (C=O) groups excluding carboxylic acids is 4. The van der Waals surface area contributed by atoms with Gasteiger partial charge >= 0.3 is 5.97 Å². The van der Waals surface area contributed by atoms with Crippen molar-refractivity contribution < 1.29 is 23.9 Å². The molecule has 2 aliphatic rings. The number of nitrogens with zero attached hydrogens (tertiary/aromatic N) is 2. The van der Waals surface area contributed by atoms with Crippen molar-refractivity contribution >= 4 is 67.7 Å². The first-order valence-electron chi connectivity index (χ1n) is 14.4. The average molecular weight is 672 g/mol. The highest BCUT2D eigenvalue weighted by molar-refractivity contribution is 9.10. The summed E-state index contributed by atoms with van der Waals surface area (Å²) >= 11 is 9.50. The van der Waals surface area contributed by atoms with Gasteiger partial charge in [-0.2, -0.15) is 0 Å². The van der Waals surface area contributed by atoms with Crippen LogP contribution in [-0.2, 0) is 20.7 Å². The van der Waals surface area contributed by atoms with E-state index in [2.05, 4.69) is 15.9 Å². The third-order valence-electron chi connectivity index (χ3n) is 8.27. The fraction of sp³-hybridized carbons (Fsp3) is 0.229. The van der Waals surface area contributed by atoms with E-state index in [-0.39, 0.29) is 35.0 Å². The minimum absolute atomic E-state index is 0.175. The Bertz CT molecular complexity index is 1830. The number of ether oxygens (including phenoxy) is 1. The zero-order chi connectivity index (χ0) is 31.1. The quantitative estimate of drug-likeness (QED) is 0.0863. The van der Waals surface area contributed by atoms with Crippen LogP contribution in [0, 0.1) is 11.8 Å². The second kappa shape index (κ2) is 12.1. The fourth-order valence-corrected chi connectivity index (χ4v) is 6.54. The molecule has 4 aromatic rings. The molecule has 0 spiro atoms. The number of pyridine rings is 1. The molecule has 1 aliphatic carbocycles. The lowest BCUT2D eigenvalue weighted by atomic mass is 9.85. The van der Waals surface area contributed by atoms with Crippen LogP contribution in [0.2, 0.25) is 5.02 Å². The average Bonchev–Trinajstić information content (AvgIpc) is 3.29. The lowest BCUT2D eigenvalue weighted by Gasteiger charge is -2.17. The number of aromatic nitrogens is 1. The monoisotopic (exact) mass is 670 g/mol. The predicted octanol–water partition coefficient (Wildman–Crippen LogP) is 7.76. The SMILES string of the molecule is CCc1cc(Br)cc2c(C(=O)OC(C)C(=O)c3ccc(Cl)cc3)cc(-c3ccc(N4C(=O)C5CC=CCC5C4=O)cc3)nc12. The van der Waals surface area contributed by atoms with Crippen LogP contribution in [0.4, 0.5) is 5.69 Å². The van der Waals surface area contributed by atoms with E-state index in [9.17, 15) is 19.2 Å². The van der Waals surface area contributed by atoms with Gasteiger partial charge < -0.3 is 4.74 Å². The van der Waals surface area contributed by atoms with Gasteiger partial charge in [-0.15, -0.1) is 0 Å². The van der Waals surface area contributed by atoms with Gasteiger partial charge in [0.05, 0.1) is 34.3 Å². The summed E-state index contributed by atoms with van der Waals surface area (Å²) in [5.74, 6) is -1.99. The van der Waals surface area contributed by atoms with E-state index in [1.807, 2.05) is 31.2 Å². The predicted molar refractivity (Wildman–Crippen MR) is 173 cm³/mol. The molecule has 0 N–H and O–H groups in total. The first-order chi connectivity index (χ1) is 21.2. The van der Waals surface area contributed by atoms with Gasteiger partial charge in [-0.1, -0.05) is 58.7 Å². The Labute approximate surface area is 268 Å². The number of aryl methyl sites for hydroxylation is 1. The van der Waals surface area contributed by atoms with Crippen molar-refractivity contribution in [1.82, 2.24) is 4.98 Å². The largest absolute Gasteiger partial charge is 0.451 e. The molecule has 7 nitrogen and oxygen atoms in total. The molecule has 3 unspecified atom stereocenters. The Morgan fingerprint density at radius 3 is 2.23 bits per heavy atom. The molecule has 3 atom stereocenters. The van der Waals surface area contributed by atoms with Crippen molar-refractivity contribution in [2.75, 3.05) is 4.90 Å². The molecule has 2 heterocycles. The number of fused-ring (bicyclic) bond motifs is 2. The number of benzene rings is 3. The van der Waals surface area contributed by atoms with Gasteiger partial charge in [0.1, 0.15) is 0 Å². The highest BCUT2D eigenvalue weighted by Crippen LogP contribution is 2.38. The van der Waals surface area contributed by atoms with E-state index < -0.39 is 12.1 Å². The fourth-order valence-electron chi connectivity index (χ4n) is 5.91. The molecule has 3 aromatic carbocycles. The van der Waals surface area contributed by atoms with Gasteiger partial charge in [-0.05, 0) is 86.3 Å². The van der Waals surface area contributed by atoms with Crippen LogP contribution in [0.15, 0.2) is 83.4 Å². The molecular formula is C35H28BrClN2O5. The molecule has 1 aliphatic heterocycles. The Morgan fingerprint density at radius 2 is 1.61 bits per heavy atom. The highest BCUT2D eigenvalue weighted by Gasteiger charge is 2.47. The Balaban J connectivity index is 1.34. The van der Waals surface area contributed by atoms with Crippen LogP contribution in [-0.4, -0.2) is 34.7 Å². The number of anilines is 1. The van der Waals surface area contributed by atoms with E-state index in [1.165, 1.54) is 4.90 Å². The molecule has 1 aromatic heterocycles. The van der Waals surface area contributed by atoms with E-state index in [0.29, 0.717) is 57.7 Å². The van der Waals surface area contributed by atoms with Crippen molar-refractivity contribution in [1.29, 1.82) is 0 Å². The summed E-state index contributed by atoms with van der Waals surface area (Å²) in [5, 5.41) is 1.10. The second-order valence-electron chi connectivity index (χ2n) is 11.0. The minimum atomic E-state index is -1.04. The molecule has 0 bridgehead atoms. The van der Waals surface area contributed by atoms with E-state index in [1.54, 1.807) is 61.5 Å². The Hall–Kier alpha value is -4.14. The molecule has 9 heteroatoms. The maximum absolute atomic E-state index is 13.7. The number of ketones is 1. The molecule has 2 amide bonds. The number of rotatable bonds is 7. The van der Waals surface area contributed by atoms with Crippen LogP contribution in [0.3, 0.4) is 0 Å². The van der Waals surface area contributed by atoms with E-state index in [4.69, 9.17) is 21.3 Å². The summed E-state index contributed by atoms with van der Waals surface area (Å²) in [4.78, 5) is 59.0. The summed E-state index contributed by atoms with van der Waals surface area (Å²) in [6.07, 6.45) is 4.70. The maximum atomic E-state index is 13.7. The zero-order valence-corrected chi connectivity index (χ0v) is 26.4. The number of allylic oxidation sites excluding steroid dienone is 2. The van der Waals surface area contributed by atoms with Crippen molar-refractivity contribution in [2.45, 2.75) is 39.2 Å². The third kappa shape index (κ3) is 5.48. The standard InChI is InChI=1S/C35H28BrClN2O5/c1-3-20-16-23(36)17-28-29(35(43)44-19(2)32(40)22-8-12-24(37)13-9-22)18-30(38-31(20)28)21-10-14-25(15-11-21)39-33(41)26-6-4-5-7-27(26)34(39)42/h4-5,8-19,26-27H,3,6-7H2,1-2H3. The Kier molecular flexibility index (Phi) is 8.22. The van der Waals surface area contributed by atoms with Gasteiger partial charge in [-0.3, -0.25) is 19.3 Å². The zero-order valence-electron chi connectivity index (χ0n) is 24.1. The highest BCUT2D eigenvalue weighted by atomic mass is 79.9. The minimum Gasteiger partial charge on any atom is -0.451 e. The topological polar surface area (TPSA) is 93.6 Å². The maximum Gasteiger partial charge on any atom is 0.339 e. The van der Waals surface area contributed by atoms with Gasteiger partial charge in [-0.25, -0.2) is 9.78 Å². The summed E-state index contributed by atoms with van der Waals surface area (Å²) in [6, 6.07) is 18.9. The van der Waals surface area contributed by atoms with Crippen LogP contribution >= 0.6 is 27.5 Å². The van der Waals surface area contributed by atoms with Crippen LogP contribution in [0.5, 0.6) is 0 Å². The van der Waals surface area contributed by atoms with Crippen molar-refractivity contribution in [3.63, 3.8) is 0 Å². The lowest BCUT2D eigenvalue weighted by molar-refractivity contribution is -0.122. The van der Waals surface area contributed by atoms with Crippen LogP contribution < -0.4 is 4.90 Å². The van der Waals surface area contributed by atoms with Gasteiger partial charge in [0.2, 0.25) is 17.6 Å². The normalized spacial score (nSPS) is 18.4. The van der Waals surface area contributed by atoms with Gasteiger partial charge in [0.25, 0.3) is 0 Å². The van der Waals surface area contributed by atoms with Crippen LogP contribution in [0.25, 0.3) is 22.2 Å². The second-order valence-corrected chi connectivity index (χ2v) is 12.4. The van der Waals surface area contributed by atoms with Crippen LogP contribution in [0.1, 0.15) is 53.0 Å². The molecule has 0 saturated carbocycles. The van der Waals surface area contributed by atoms with Crippen molar-refractivity contribution in [3.8, 4) is 11.3 Å². The molecule has 0 radical (unpaired) electrons. The molecule has 1 fully saturated rings.